The summed E-state index contributed by atoms with van der Waals surface area (Å²) in [5.74, 6) is -0.126. The third kappa shape index (κ3) is 3.28. The molecule has 1 N–H and O–H groups in total. The van der Waals surface area contributed by atoms with E-state index in [4.69, 9.17) is 23.2 Å². The van der Waals surface area contributed by atoms with Crippen LogP contribution >= 0.6 is 34.7 Å². The number of rotatable bonds is 3. The Bertz CT molecular complexity index is 650. The van der Waals surface area contributed by atoms with Gasteiger partial charge in [0.15, 0.2) is 0 Å². The number of hydrogen-bond donors (Lipinski definition) is 1. The minimum absolute atomic E-state index is 0.0892. The molecule has 110 valence electrons. The molecule has 1 aromatic heterocycles. The minimum atomic E-state index is -0.126. The molecule has 1 aliphatic rings. The number of amides is 1. The van der Waals surface area contributed by atoms with Crippen LogP contribution in [0.15, 0.2) is 24.4 Å². The first kappa shape index (κ1) is 14.6. The molecule has 5 nitrogen and oxygen atoms in total. The second-order valence-corrected chi connectivity index (χ2v) is 6.41. The number of anilines is 1. The monoisotopic (exact) mass is 342 g/mol. The highest BCUT2D eigenvalue weighted by atomic mass is 35.5. The van der Waals surface area contributed by atoms with Crippen molar-refractivity contribution in [3.63, 3.8) is 0 Å². The first-order valence-corrected chi connectivity index (χ1v) is 7.94. The van der Waals surface area contributed by atoms with E-state index in [0.717, 1.165) is 36.7 Å². The predicted octanol–water partition coefficient (Wildman–Crippen LogP) is 2.85. The number of nitrogens with zero attached hydrogens (tertiary/aromatic N) is 3. The Morgan fingerprint density at radius 1 is 1.43 bits per heavy atom. The van der Waals surface area contributed by atoms with E-state index in [1.54, 1.807) is 6.07 Å². The highest BCUT2D eigenvalue weighted by molar-refractivity contribution is 7.07. The van der Waals surface area contributed by atoms with Gasteiger partial charge in [0.2, 0.25) is 0 Å². The zero-order chi connectivity index (χ0) is 14.8. The van der Waals surface area contributed by atoms with Gasteiger partial charge in [0.05, 0.1) is 16.9 Å². The Morgan fingerprint density at radius 3 is 3.00 bits per heavy atom. The lowest BCUT2D eigenvalue weighted by molar-refractivity contribution is 0.0944. The van der Waals surface area contributed by atoms with Gasteiger partial charge in [-0.1, -0.05) is 27.7 Å². The van der Waals surface area contributed by atoms with E-state index in [9.17, 15) is 4.79 Å². The van der Waals surface area contributed by atoms with Gasteiger partial charge in [0.25, 0.3) is 5.91 Å². The molecule has 1 unspecified atom stereocenters. The fourth-order valence-corrected chi connectivity index (χ4v) is 3.30. The number of carbonyl (C=O) groups excluding carboxylic acids is 1. The normalized spacial score (nSPS) is 18.0. The molecule has 2 heterocycles. The Hall–Kier alpha value is -1.37. The van der Waals surface area contributed by atoms with Crippen LogP contribution in [0, 0.1) is 0 Å². The van der Waals surface area contributed by atoms with Crippen LogP contribution in [0.25, 0.3) is 0 Å². The first-order chi connectivity index (χ1) is 10.1. The van der Waals surface area contributed by atoms with Gasteiger partial charge in [-0.15, -0.1) is 5.10 Å². The molecule has 0 aliphatic carbocycles. The zero-order valence-corrected chi connectivity index (χ0v) is 13.3. The van der Waals surface area contributed by atoms with Gasteiger partial charge in [-0.25, -0.2) is 0 Å². The minimum Gasteiger partial charge on any atom is -0.368 e. The third-order valence-electron chi connectivity index (χ3n) is 3.36. The quantitative estimate of drug-likeness (QED) is 0.931. The predicted molar refractivity (Wildman–Crippen MR) is 84.5 cm³/mol. The maximum Gasteiger partial charge on any atom is 0.264 e. The van der Waals surface area contributed by atoms with E-state index in [2.05, 4.69) is 19.8 Å². The average molecular weight is 343 g/mol. The molecule has 0 radical (unpaired) electrons. The van der Waals surface area contributed by atoms with Crippen molar-refractivity contribution in [3.05, 3.63) is 39.3 Å². The summed E-state index contributed by atoms with van der Waals surface area (Å²) in [6.45, 7) is 1.56. The van der Waals surface area contributed by atoms with Crippen molar-refractivity contribution in [2.45, 2.75) is 12.5 Å². The van der Waals surface area contributed by atoms with Crippen molar-refractivity contribution in [2.24, 2.45) is 0 Å². The van der Waals surface area contributed by atoms with Gasteiger partial charge in [-0.05, 0) is 36.2 Å². The molecule has 0 saturated carbocycles. The fraction of sp³-hybridized carbons (Fsp3) is 0.308. The lowest BCUT2D eigenvalue weighted by Crippen LogP contribution is -2.36. The van der Waals surface area contributed by atoms with Crippen molar-refractivity contribution in [1.82, 2.24) is 14.9 Å². The highest BCUT2D eigenvalue weighted by Crippen LogP contribution is 2.31. The van der Waals surface area contributed by atoms with E-state index >= 15 is 0 Å². The zero-order valence-electron chi connectivity index (χ0n) is 10.9. The van der Waals surface area contributed by atoms with E-state index < -0.39 is 0 Å². The molecule has 3 rings (SSSR count). The van der Waals surface area contributed by atoms with Gasteiger partial charge in [0.1, 0.15) is 4.88 Å². The summed E-state index contributed by atoms with van der Waals surface area (Å²) < 4.78 is 3.69. The van der Waals surface area contributed by atoms with Crippen LogP contribution < -0.4 is 10.2 Å². The topological polar surface area (TPSA) is 58.1 Å². The summed E-state index contributed by atoms with van der Waals surface area (Å²) in [5, 5.41) is 7.90. The number of halogens is 2. The van der Waals surface area contributed by atoms with Crippen molar-refractivity contribution < 1.29 is 4.79 Å². The lowest BCUT2D eigenvalue weighted by atomic mass is 10.2. The standard InChI is InChI=1S/C13H12Cl2N4OS/c14-8-1-2-11(10(15)5-8)19-4-3-9(7-19)17-13(20)12-6-16-18-21-12/h1-2,5-6,9H,3-4,7H2,(H,17,20). The maximum absolute atomic E-state index is 12.0. The van der Waals surface area contributed by atoms with Gasteiger partial charge in [-0.2, -0.15) is 0 Å². The van der Waals surface area contributed by atoms with Crippen molar-refractivity contribution in [1.29, 1.82) is 0 Å². The van der Waals surface area contributed by atoms with E-state index in [1.807, 2.05) is 12.1 Å². The Kier molecular flexibility index (Phi) is 4.28. The van der Waals surface area contributed by atoms with Crippen molar-refractivity contribution >= 4 is 46.3 Å². The Morgan fingerprint density at radius 2 is 2.29 bits per heavy atom. The molecule has 2 aromatic rings. The molecule has 21 heavy (non-hydrogen) atoms. The third-order valence-corrected chi connectivity index (χ3v) is 4.56. The molecule has 1 aromatic carbocycles. The molecular weight excluding hydrogens is 331 g/mol. The second kappa shape index (κ2) is 6.17. The first-order valence-electron chi connectivity index (χ1n) is 6.41. The molecule has 1 fully saturated rings. The largest absolute Gasteiger partial charge is 0.368 e. The van der Waals surface area contributed by atoms with Gasteiger partial charge >= 0.3 is 0 Å². The van der Waals surface area contributed by atoms with E-state index in [1.165, 1.54) is 6.20 Å². The summed E-state index contributed by atoms with van der Waals surface area (Å²) in [6, 6.07) is 5.54. The molecule has 1 atom stereocenters. The number of benzene rings is 1. The smallest absolute Gasteiger partial charge is 0.264 e. The number of nitrogens with one attached hydrogen (secondary N) is 1. The number of hydrogen-bond acceptors (Lipinski definition) is 5. The summed E-state index contributed by atoms with van der Waals surface area (Å²) in [5.41, 5.74) is 0.942. The van der Waals surface area contributed by atoms with Crippen LogP contribution in [0.5, 0.6) is 0 Å². The summed E-state index contributed by atoms with van der Waals surface area (Å²) in [4.78, 5) is 14.6. The van der Waals surface area contributed by atoms with Crippen LogP contribution in [-0.4, -0.2) is 34.6 Å². The fourth-order valence-electron chi connectivity index (χ4n) is 2.36. The van der Waals surface area contributed by atoms with Gasteiger partial charge in [0, 0.05) is 24.2 Å². The van der Waals surface area contributed by atoms with Crippen LogP contribution in [0.4, 0.5) is 5.69 Å². The summed E-state index contributed by atoms with van der Waals surface area (Å²) in [6.07, 6.45) is 2.35. The van der Waals surface area contributed by atoms with E-state index in [-0.39, 0.29) is 11.9 Å². The molecular formula is C13H12Cl2N4OS. The van der Waals surface area contributed by atoms with Gasteiger partial charge < -0.3 is 10.2 Å². The maximum atomic E-state index is 12.0. The summed E-state index contributed by atoms with van der Waals surface area (Å²) >= 11 is 13.2. The van der Waals surface area contributed by atoms with Gasteiger partial charge in [-0.3, -0.25) is 4.79 Å². The number of aromatic nitrogens is 2. The molecule has 0 spiro atoms. The molecule has 0 bridgehead atoms. The van der Waals surface area contributed by atoms with Crippen LogP contribution in [0.3, 0.4) is 0 Å². The lowest BCUT2D eigenvalue weighted by Gasteiger charge is -2.20. The molecule has 1 aliphatic heterocycles. The highest BCUT2D eigenvalue weighted by Gasteiger charge is 2.26. The molecule has 1 amide bonds. The van der Waals surface area contributed by atoms with Crippen LogP contribution in [0.2, 0.25) is 10.0 Å². The molecule has 8 heteroatoms. The SMILES string of the molecule is O=C(NC1CCN(c2ccc(Cl)cc2Cl)C1)c1cnns1. The van der Waals surface area contributed by atoms with Crippen molar-refractivity contribution in [2.75, 3.05) is 18.0 Å². The Balaban J connectivity index is 1.64. The van der Waals surface area contributed by atoms with Crippen LogP contribution in [-0.2, 0) is 0 Å². The van der Waals surface area contributed by atoms with Crippen LogP contribution in [0.1, 0.15) is 16.1 Å². The Labute approximate surface area is 136 Å². The second-order valence-electron chi connectivity index (χ2n) is 4.78. The number of carbonyl (C=O) groups is 1. The summed E-state index contributed by atoms with van der Waals surface area (Å²) in [7, 11) is 0. The average Bonchev–Trinajstić information content (AvgIpc) is 3.09. The molecule has 1 saturated heterocycles. The van der Waals surface area contributed by atoms with E-state index in [0.29, 0.717) is 14.9 Å². The van der Waals surface area contributed by atoms with Crippen molar-refractivity contribution in [3.8, 4) is 0 Å².